The summed E-state index contributed by atoms with van der Waals surface area (Å²) in [5.74, 6) is -1.43. The van der Waals surface area contributed by atoms with E-state index < -0.39 is 48.2 Å². The third-order valence-corrected chi connectivity index (χ3v) is 12.5. The van der Waals surface area contributed by atoms with Crippen LogP contribution in [0.15, 0.2) is 97.1 Å². The van der Waals surface area contributed by atoms with Crippen LogP contribution in [0.25, 0.3) is 21.8 Å². The number of hydrogen-bond acceptors (Lipinski definition) is 8. The second-order valence-electron chi connectivity index (χ2n) is 16.7. The fourth-order valence-corrected chi connectivity index (χ4v) is 9.15. The van der Waals surface area contributed by atoms with E-state index in [4.69, 9.17) is 9.47 Å². The van der Waals surface area contributed by atoms with Gasteiger partial charge in [0.1, 0.15) is 24.2 Å². The van der Waals surface area contributed by atoms with Crippen LogP contribution in [0.1, 0.15) is 94.3 Å². The number of carbonyl (C=O) groups excluding carboxylic acids is 6. The fraction of sp³-hybridized carbons (Fsp3) is 0.400. The van der Waals surface area contributed by atoms with Crippen LogP contribution in [0, 0.1) is 0 Å². The molecule has 0 aliphatic carbocycles. The van der Waals surface area contributed by atoms with Crippen LogP contribution >= 0.6 is 0 Å². The van der Waals surface area contributed by atoms with E-state index in [-0.39, 0.29) is 11.8 Å². The Morgan fingerprint density at radius 1 is 0.585 bits per heavy atom. The quantitative estimate of drug-likeness (QED) is 0.0675. The van der Waals surface area contributed by atoms with Gasteiger partial charge in [0.05, 0.1) is 25.3 Å². The normalized spacial score (nSPS) is 16.8. The number of ether oxygens (including phenoxy) is 2. The van der Waals surface area contributed by atoms with Crippen LogP contribution in [0.4, 0.5) is 21.0 Å². The van der Waals surface area contributed by atoms with Crippen molar-refractivity contribution in [2.24, 2.45) is 0 Å². The molecule has 2 aliphatic heterocycles. The van der Waals surface area contributed by atoms with Gasteiger partial charge in [-0.3, -0.25) is 19.2 Å². The summed E-state index contributed by atoms with van der Waals surface area (Å²) < 4.78 is 11.9. The van der Waals surface area contributed by atoms with Crippen molar-refractivity contribution < 1.29 is 38.2 Å². The van der Waals surface area contributed by atoms with Gasteiger partial charge in [-0.2, -0.15) is 0 Å². The lowest BCUT2D eigenvalue weighted by atomic mass is 10.0. The number of unbranched alkanes of at least 4 members (excludes halogenated alkanes) is 5. The first-order chi connectivity index (χ1) is 31.6. The highest BCUT2D eigenvalue weighted by Crippen LogP contribution is 2.35. The molecule has 2 aliphatic rings. The molecule has 2 saturated heterocycles. The summed E-state index contributed by atoms with van der Waals surface area (Å²) in [7, 11) is 2.48. The number of aryl methyl sites for hydroxylation is 1. The minimum Gasteiger partial charge on any atom is -0.453 e. The van der Waals surface area contributed by atoms with Crippen molar-refractivity contribution in [3.05, 3.63) is 108 Å². The zero-order chi connectivity index (χ0) is 45.9. The number of hydrogen-bond donors (Lipinski definition) is 4. The average Bonchev–Trinajstić information content (AvgIpc) is 4.10. The molecule has 0 unspecified atom stereocenters. The van der Waals surface area contributed by atoms with E-state index in [1.54, 1.807) is 48.5 Å². The molecule has 7 rings (SSSR count). The van der Waals surface area contributed by atoms with Gasteiger partial charge in [-0.15, -0.1) is 0 Å². The van der Waals surface area contributed by atoms with Crippen molar-refractivity contribution >= 4 is 69.0 Å². The Balaban J connectivity index is 1.12. The van der Waals surface area contributed by atoms with Crippen molar-refractivity contribution in [1.29, 1.82) is 0 Å². The molecule has 0 radical (unpaired) electrons. The Kier molecular flexibility index (Phi) is 15.4. The van der Waals surface area contributed by atoms with Crippen molar-refractivity contribution in [2.45, 2.75) is 102 Å². The first-order valence-corrected chi connectivity index (χ1v) is 22.7. The highest BCUT2D eigenvalue weighted by molar-refractivity contribution is 6.11. The summed E-state index contributed by atoms with van der Waals surface area (Å²) in [5.41, 5.74) is 4.15. The van der Waals surface area contributed by atoms with Gasteiger partial charge in [0.2, 0.25) is 11.8 Å². The van der Waals surface area contributed by atoms with Gasteiger partial charge >= 0.3 is 12.2 Å². The molecule has 0 saturated carbocycles. The molecule has 6 amide bonds. The van der Waals surface area contributed by atoms with E-state index in [9.17, 15) is 28.8 Å². The number of fused-ring (bicyclic) bond motifs is 3. The first kappa shape index (κ1) is 46.1. The van der Waals surface area contributed by atoms with Gasteiger partial charge in [0.25, 0.3) is 11.8 Å². The molecule has 15 heteroatoms. The van der Waals surface area contributed by atoms with E-state index in [2.05, 4.69) is 32.8 Å². The molecule has 0 bridgehead atoms. The molecule has 0 spiro atoms. The molecule has 65 heavy (non-hydrogen) atoms. The summed E-state index contributed by atoms with van der Waals surface area (Å²) in [6, 6.07) is 25.9. The molecule has 4 aromatic carbocycles. The van der Waals surface area contributed by atoms with E-state index in [1.807, 2.05) is 48.5 Å². The molecular formula is C50H59N7O8. The van der Waals surface area contributed by atoms with E-state index in [0.717, 1.165) is 47.5 Å². The summed E-state index contributed by atoms with van der Waals surface area (Å²) in [5, 5.41) is 13.4. The number of likely N-dealkylation sites (tertiary alicyclic amines) is 2. The largest absolute Gasteiger partial charge is 0.453 e. The minimum absolute atomic E-state index is 0.320. The third kappa shape index (κ3) is 10.7. The summed E-state index contributed by atoms with van der Waals surface area (Å²) >= 11 is 0. The number of nitrogens with zero attached hydrogens (tertiary/aromatic N) is 3. The second-order valence-corrected chi connectivity index (χ2v) is 16.7. The first-order valence-electron chi connectivity index (χ1n) is 22.7. The maximum Gasteiger partial charge on any atom is 0.407 e. The van der Waals surface area contributed by atoms with Crippen molar-refractivity contribution in [1.82, 2.24) is 25.0 Å². The maximum absolute atomic E-state index is 14.0. The number of methoxy groups -OCH3 is 2. The van der Waals surface area contributed by atoms with Gasteiger partial charge in [-0.05, 0) is 67.5 Å². The van der Waals surface area contributed by atoms with Gasteiger partial charge in [-0.25, -0.2) is 9.59 Å². The lowest BCUT2D eigenvalue weighted by molar-refractivity contribution is -0.138. The Labute approximate surface area is 379 Å². The fourth-order valence-electron chi connectivity index (χ4n) is 9.15. The molecule has 1 aromatic heterocycles. The van der Waals surface area contributed by atoms with Gasteiger partial charge < -0.3 is 45.1 Å². The van der Waals surface area contributed by atoms with E-state index in [0.29, 0.717) is 67.8 Å². The maximum atomic E-state index is 14.0. The zero-order valence-electron chi connectivity index (χ0n) is 37.3. The summed E-state index contributed by atoms with van der Waals surface area (Å²) in [4.78, 5) is 83.8. The highest BCUT2D eigenvalue weighted by atomic mass is 16.5. The van der Waals surface area contributed by atoms with Crippen molar-refractivity contribution in [2.75, 3.05) is 37.9 Å². The Hall–Kier alpha value is -6.90. The number of benzene rings is 4. The number of rotatable bonds is 17. The van der Waals surface area contributed by atoms with Crippen molar-refractivity contribution in [3.8, 4) is 0 Å². The molecule has 342 valence electrons. The molecule has 5 aromatic rings. The van der Waals surface area contributed by atoms with Crippen LogP contribution in [0.2, 0.25) is 0 Å². The summed E-state index contributed by atoms with van der Waals surface area (Å²) in [6.45, 7) is 3.63. The predicted molar refractivity (Wildman–Crippen MR) is 249 cm³/mol. The molecule has 3 heterocycles. The second kappa shape index (κ2) is 21.7. The number of anilines is 2. The van der Waals surface area contributed by atoms with Crippen LogP contribution in [-0.4, -0.2) is 89.6 Å². The smallest absolute Gasteiger partial charge is 0.407 e. The number of nitrogens with one attached hydrogen (secondary N) is 4. The topological polar surface area (TPSA) is 180 Å². The van der Waals surface area contributed by atoms with Gasteiger partial charge in [0, 0.05) is 41.8 Å². The van der Waals surface area contributed by atoms with Crippen molar-refractivity contribution in [3.63, 3.8) is 0 Å². The molecule has 2 fully saturated rings. The third-order valence-electron chi connectivity index (χ3n) is 12.5. The zero-order valence-corrected chi connectivity index (χ0v) is 37.3. The number of amides is 6. The number of carbonyl (C=O) groups is 6. The minimum atomic E-state index is -1.03. The Bertz CT molecular complexity index is 2330. The van der Waals surface area contributed by atoms with Gasteiger partial charge in [0.15, 0.2) is 0 Å². The van der Waals surface area contributed by atoms with E-state index >= 15 is 0 Å². The lowest BCUT2D eigenvalue weighted by Gasteiger charge is -2.28. The van der Waals surface area contributed by atoms with E-state index in [1.165, 1.54) is 36.9 Å². The number of alkyl carbamates (subject to hydrolysis) is 2. The van der Waals surface area contributed by atoms with Gasteiger partial charge in [-0.1, -0.05) is 112 Å². The summed E-state index contributed by atoms with van der Waals surface area (Å²) in [6.07, 6.45) is 7.33. The predicted octanol–water partition coefficient (Wildman–Crippen LogP) is 8.21. The highest BCUT2D eigenvalue weighted by Gasteiger charge is 2.40. The Morgan fingerprint density at radius 2 is 1.02 bits per heavy atom. The Morgan fingerprint density at radius 3 is 1.45 bits per heavy atom. The molecule has 15 nitrogen and oxygen atoms in total. The molecule has 4 atom stereocenters. The molecular weight excluding hydrogens is 827 g/mol. The SMILES string of the molecule is CCCCCCCCn1c2cc(NC(=O)[C@@H]3CCCN3C(=O)[C@H](NC(=O)OC)c3ccccc3)ccc2c2ccc(NC(=O)[C@@H]3CCCN3C(=O)[C@H](NC(=O)OC)c3ccccc3)cc21. The monoisotopic (exact) mass is 885 g/mol. The molecule has 4 N–H and O–H groups in total. The average molecular weight is 886 g/mol. The van der Waals surface area contributed by atoms with Crippen LogP contribution < -0.4 is 21.3 Å². The van der Waals surface area contributed by atoms with Crippen LogP contribution in [0.5, 0.6) is 0 Å². The standard InChI is InChI=1S/C50H59N7O8/c1-4-5-6-7-8-15-28-55-41-31-35(51-45(58)39-22-16-29-56(39)47(60)43(53-49(62)64-2)33-18-11-9-12-19-33)24-26-37(41)38-27-25-36(32-42(38)55)52-46(59)40-23-17-30-57(40)48(61)44(54-50(63)65-3)34-20-13-10-14-21-34/h9-14,18-21,24-27,31-32,39-40,43-44H,4-8,15-17,22-23,28-30H2,1-3H3,(H,51,58)(H,52,59)(H,53,62)(H,54,63)/t39-,40-,43+,44+/m0/s1. The number of aromatic nitrogens is 1. The van der Waals surface area contributed by atoms with Crippen LogP contribution in [-0.2, 0) is 35.2 Å². The lowest BCUT2D eigenvalue weighted by Crippen LogP contribution is -2.48. The van der Waals surface area contributed by atoms with Crippen LogP contribution in [0.3, 0.4) is 0 Å².